The number of aromatic amines is 1. The highest BCUT2D eigenvalue weighted by Crippen LogP contribution is 2.30. The monoisotopic (exact) mass is 309 g/mol. The lowest BCUT2D eigenvalue weighted by molar-refractivity contribution is 0.0749. The molecule has 22 heavy (non-hydrogen) atoms. The number of hydrogen-bond donors (Lipinski definition) is 2. The maximum Gasteiger partial charge on any atom is 0.347 e. The van der Waals surface area contributed by atoms with E-state index >= 15 is 0 Å². The van der Waals surface area contributed by atoms with Gasteiger partial charge in [-0.25, -0.2) is 9.18 Å². The lowest BCUT2D eigenvalue weighted by atomic mass is 9.97. The number of alkyl halides is 1. The van der Waals surface area contributed by atoms with Crippen LogP contribution in [0.4, 0.5) is 4.39 Å². The molecule has 2 aromatic rings. The molecule has 120 valence electrons. The van der Waals surface area contributed by atoms with Crippen molar-refractivity contribution in [3.05, 3.63) is 44.1 Å². The number of benzene rings is 1. The van der Waals surface area contributed by atoms with Crippen molar-refractivity contribution in [3.63, 3.8) is 0 Å². The number of H-pyrrole nitrogens is 1. The quantitative estimate of drug-likeness (QED) is 0.885. The van der Waals surface area contributed by atoms with Crippen LogP contribution in [0.2, 0.25) is 0 Å². The zero-order valence-corrected chi connectivity index (χ0v) is 13.1. The Bertz CT molecular complexity index is 795. The summed E-state index contributed by atoms with van der Waals surface area (Å²) in [6, 6.07) is 3.10. The van der Waals surface area contributed by atoms with Gasteiger partial charge in [-0.1, -0.05) is 0 Å². The van der Waals surface area contributed by atoms with Crippen molar-refractivity contribution >= 4 is 10.9 Å². The van der Waals surface area contributed by atoms with E-state index in [1.807, 2.05) is 6.92 Å². The zero-order valence-electron chi connectivity index (χ0n) is 13.1. The van der Waals surface area contributed by atoms with E-state index in [2.05, 4.69) is 10.4 Å². The van der Waals surface area contributed by atoms with Crippen LogP contribution in [0.1, 0.15) is 44.2 Å². The minimum atomic E-state index is -1.24. The van der Waals surface area contributed by atoms with E-state index < -0.39 is 17.4 Å². The van der Waals surface area contributed by atoms with Crippen molar-refractivity contribution in [1.29, 1.82) is 0 Å². The van der Waals surface area contributed by atoms with Gasteiger partial charge in [0.25, 0.3) is 5.56 Å². The normalized spacial score (nSPS) is 14.0. The number of rotatable bonds is 5. The molecular weight excluding hydrogens is 289 g/mol. The van der Waals surface area contributed by atoms with Gasteiger partial charge in [0.15, 0.2) is 0 Å². The molecule has 0 fully saturated rings. The number of hydrogen-bond acceptors (Lipinski definition) is 4. The van der Waals surface area contributed by atoms with E-state index in [9.17, 15) is 14.0 Å². The highest BCUT2D eigenvalue weighted by molar-refractivity contribution is 5.79. The van der Waals surface area contributed by atoms with E-state index in [0.717, 1.165) is 4.68 Å². The summed E-state index contributed by atoms with van der Waals surface area (Å²) in [4.78, 5) is 26.7. The Hall–Kier alpha value is -2.15. The van der Waals surface area contributed by atoms with Crippen molar-refractivity contribution in [2.45, 2.75) is 33.0 Å². The number of nitrogens with one attached hydrogen (secondary N) is 2. The fraction of sp³-hybridized carbons (Fsp3) is 0.467. The largest absolute Gasteiger partial charge is 0.374 e. The summed E-state index contributed by atoms with van der Waals surface area (Å²) in [5.74, 6) is 0. The Kier molecular flexibility index (Phi) is 4.65. The number of ether oxygens (including phenoxy) is 1. The minimum absolute atomic E-state index is 0.305. The van der Waals surface area contributed by atoms with Crippen LogP contribution in [0.25, 0.3) is 10.9 Å². The Morgan fingerprint density at radius 2 is 2.00 bits per heavy atom. The molecule has 1 aromatic carbocycles. The van der Waals surface area contributed by atoms with Crippen molar-refractivity contribution in [1.82, 2.24) is 9.66 Å². The summed E-state index contributed by atoms with van der Waals surface area (Å²) in [5, 5.41) is 0.305. The van der Waals surface area contributed by atoms with Crippen LogP contribution in [0, 0.1) is 0 Å². The third kappa shape index (κ3) is 2.76. The van der Waals surface area contributed by atoms with E-state index in [0.29, 0.717) is 28.6 Å². The number of aromatic nitrogens is 2. The Balaban J connectivity index is 2.81. The Morgan fingerprint density at radius 3 is 2.55 bits per heavy atom. The molecule has 0 aliphatic rings. The van der Waals surface area contributed by atoms with Gasteiger partial charge >= 0.3 is 5.69 Å². The SMILES string of the molecule is CCOC(C)c1cc2c(=O)n(NC)c(=O)[nH]c2cc1C(C)F. The Labute approximate surface area is 126 Å². The first-order chi connectivity index (χ1) is 10.4. The van der Waals surface area contributed by atoms with Gasteiger partial charge in [0.1, 0.15) is 6.17 Å². The van der Waals surface area contributed by atoms with Gasteiger partial charge in [0.05, 0.1) is 17.0 Å². The molecule has 1 aromatic heterocycles. The molecule has 0 saturated carbocycles. The molecular formula is C15H20FN3O3. The zero-order chi connectivity index (χ0) is 16.4. The average molecular weight is 309 g/mol. The fourth-order valence-corrected chi connectivity index (χ4v) is 2.54. The van der Waals surface area contributed by atoms with E-state index in [1.165, 1.54) is 20.0 Å². The van der Waals surface area contributed by atoms with Gasteiger partial charge in [0.2, 0.25) is 0 Å². The molecule has 0 amide bonds. The summed E-state index contributed by atoms with van der Waals surface area (Å²) in [5.41, 5.74) is 2.77. The summed E-state index contributed by atoms with van der Waals surface area (Å²) >= 11 is 0. The number of halogens is 1. The predicted octanol–water partition coefficient (Wildman–Crippen LogP) is 1.99. The molecule has 7 heteroatoms. The van der Waals surface area contributed by atoms with Crippen molar-refractivity contribution in [3.8, 4) is 0 Å². The standard InChI is InChI=1S/C15H20FN3O3/c1-5-22-9(3)11-6-12-13(7-10(11)8(2)16)18-15(21)19(17-4)14(12)20/h6-9,17H,5H2,1-4H3,(H,18,21). The summed E-state index contributed by atoms with van der Waals surface area (Å²) in [7, 11) is 1.48. The van der Waals surface area contributed by atoms with Crippen LogP contribution in [-0.2, 0) is 4.74 Å². The molecule has 0 aliphatic carbocycles. The highest BCUT2D eigenvalue weighted by atomic mass is 19.1. The number of nitrogens with zero attached hydrogens (tertiary/aromatic N) is 1. The molecule has 2 unspecified atom stereocenters. The van der Waals surface area contributed by atoms with Gasteiger partial charge in [-0.15, -0.1) is 0 Å². The van der Waals surface area contributed by atoms with Gasteiger partial charge in [-0.3, -0.25) is 4.79 Å². The molecule has 6 nitrogen and oxygen atoms in total. The fourth-order valence-electron chi connectivity index (χ4n) is 2.54. The minimum Gasteiger partial charge on any atom is -0.374 e. The molecule has 2 N–H and O–H groups in total. The van der Waals surface area contributed by atoms with Gasteiger partial charge < -0.3 is 15.1 Å². The van der Waals surface area contributed by atoms with Crippen LogP contribution < -0.4 is 16.7 Å². The van der Waals surface area contributed by atoms with Crippen molar-refractivity contribution in [2.24, 2.45) is 0 Å². The van der Waals surface area contributed by atoms with Crippen molar-refractivity contribution in [2.75, 3.05) is 19.1 Å². The van der Waals surface area contributed by atoms with Gasteiger partial charge in [0, 0.05) is 13.7 Å². The lowest BCUT2D eigenvalue weighted by Crippen LogP contribution is -2.39. The van der Waals surface area contributed by atoms with Crippen LogP contribution >= 0.6 is 0 Å². The molecule has 0 saturated heterocycles. The Morgan fingerprint density at radius 1 is 1.32 bits per heavy atom. The first-order valence-corrected chi connectivity index (χ1v) is 7.17. The van der Waals surface area contributed by atoms with Crippen molar-refractivity contribution < 1.29 is 9.13 Å². The maximum atomic E-state index is 13.9. The third-order valence-electron chi connectivity index (χ3n) is 3.61. The second kappa shape index (κ2) is 6.31. The molecule has 1 heterocycles. The second-order valence-electron chi connectivity index (χ2n) is 5.03. The molecule has 0 aliphatic heterocycles. The molecule has 2 atom stereocenters. The lowest BCUT2D eigenvalue weighted by Gasteiger charge is -2.18. The average Bonchev–Trinajstić information content (AvgIpc) is 2.46. The molecule has 0 spiro atoms. The van der Waals surface area contributed by atoms with Crippen LogP contribution in [-0.4, -0.2) is 23.3 Å². The van der Waals surface area contributed by atoms with E-state index in [1.54, 1.807) is 13.0 Å². The van der Waals surface area contributed by atoms with Gasteiger partial charge in [-0.05, 0) is 44.0 Å². The summed E-state index contributed by atoms with van der Waals surface area (Å²) < 4.78 is 20.3. The summed E-state index contributed by atoms with van der Waals surface area (Å²) in [6.45, 7) is 5.54. The number of fused-ring (bicyclic) bond motifs is 1. The summed E-state index contributed by atoms with van der Waals surface area (Å²) in [6.07, 6.45) is -1.59. The highest BCUT2D eigenvalue weighted by Gasteiger charge is 2.19. The molecule has 2 rings (SSSR count). The third-order valence-corrected chi connectivity index (χ3v) is 3.61. The maximum absolute atomic E-state index is 13.9. The first kappa shape index (κ1) is 16.2. The van der Waals surface area contributed by atoms with Crippen LogP contribution in [0.15, 0.2) is 21.7 Å². The van der Waals surface area contributed by atoms with Gasteiger partial charge in [-0.2, -0.15) is 4.68 Å². The second-order valence-corrected chi connectivity index (χ2v) is 5.03. The van der Waals surface area contributed by atoms with Crippen LogP contribution in [0.3, 0.4) is 0 Å². The van der Waals surface area contributed by atoms with E-state index in [4.69, 9.17) is 4.74 Å². The smallest absolute Gasteiger partial charge is 0.347 e. The van der Waals surface area contributed by atoms with E-state index in [-0.39, 0.29) is 6.10 Å². The molecule has 0 bridgehead atoms. The molecule has 0 radical (unpaired) electrons. The predicted molar refractivity (Wildman–Crippen MR) is 83.7 cm³/mol. The topological polar surface area (TPSA) is 76.1 Å². The van der Waals surface area contributed by atoms with Crippen LogP contribution in [0.5, 0.6) is 0 Å². The first-order valence-electron chi connectivity index (χ1n) is 7.17.